The Bertz CT molecular complexity index is 1280. The fourth-order valence-corrected chi connectivity index (χ4v) is 5.15. The Morgan fingerprint density at radius 2 is 2.00 bits per heavy atom. The van der Waals surface area contributed by atoms with E-state index in [0.717, 1.165) is 30.9 Å². The van der Waals surface area contributed by atoms with E-state index in [1.165, 1.54) is 18.2 Å². The Balaban J connectivity index is 1.47. The number of hydrogen-bond acceptors (Lipinski definition) is 7. The second-order valence-corrected chi connectivity index (χ2v) is 10.0. The molecule has 2 aliphatic heterocycles. The molecule has 3 heterocycles. The van der Waals surface area contributed by atoms with Crippen molar-refractivity contribution in [1.29, 1.82) is 0 Å². The Hall–Kier alpha value is -3.34. The van der Waals surface area contributed by atoms with Crippen LogP contribution in [0.4, 0.5) is 14.6 Å². The van der Waals surface area contributed by atoms with E-state index >= 15 is 0 Å². The number of aliphatic hydroxyl groups is 1. The molecule has 2 aromatic rings. The maximum absolute atomic E-state index is 14.0. The van der Waals surface area contributed by atoms with Crippen LogP contribution < -0.4 is 4.90 Å². The summed E-state index contributed by atoms with van der Waals surface area (Å²) in [6.07, 6.45) is 0.120. The van der Waals surface area contributed by atoms with Crippen LogP contribution in [0, 0.1) is 0 Å². The number of phenols is 1. The molecule has 8 nitrogen and oxygen atoms in total. The van der Waals surface area contributed by atoms with Crippen molar-refractivity contribution in [3.63, 3.8) is 0 Å². The molecule has 2 unspecified atom stereocenters. The average Bonchev–Trinajstić information content (AvgIpc) is 3.11. The molecule has 1 aromatic carbocycles. The molecule has 5 rings (SSSR count). The third kappa shape index (κ3) is 5.43. The summed E-state index contributed by atoms with van der Waals surface area (Å²) in [7, 11) is 0. The number of anilines is 1. The van der Waals surface area contributed by atoms with Crippen LogP contribution in [0.5, 0.6) is 5.75 Å². The van der Waals surface area contributed by atoms with Gasteiger partial charge < -0.3 is 25.0 Å². The molecule has 10 heteroatoms. The minimum Gasteiger partial charge on any atom is -0.507 e. The Labute approximate surface area is 219 Å². The lowest BCUT2D eigenvalue weighted by Crippen LogP contribution is -2.39. The lowest BCUT2D eigenvalue weighted by Gasteiger charge is -2.33. The van der Waals surface area contributed by atoms with Crippen molar-refractivity contribution >= 4 is 11.8 Å². The number of hydrogen-bond donors (Lipinski definition) is 3. The Kier molecular flexibility index (Phi) is 7.47. The number of carboxylic acids is 1. The monoisotopic (exact) mass is 527 g/mol. The number of nitrogens with zero attached hydrogens (tertiary/aromatic N) is 3. The quantitative estimate of drug-likeness (QED) is 0.472. The van der Waals surface area contributed by atoms with E-state index in [1.807, 2.05) is 19.1 Å². The molecule has 0 saturated carbocycles. The van der Waals surface area contributed by atoms with Gasteiger partial charge in [0, 0.05) is 49.6 Å². The number of benzene rings is 1. The number of allylic oxidation sites excluding steroid dienone is 2. The largest absolute Gasteiger partial charge is 0.507 e. The molecule has 0 radical (unpaired) electrons. The molecule has 3 aliphatic rings. The SMILES string of the molecule is C[C@H]1[C@@H](C2=CC(F)CC(F)=C2)OC(O)N1Cc1nc(N2CCC2)ccc1-c1cc(CCC(=O)O)ccc1O. The lowest BCUT2D eigenvalue weighted by atomic mass is 9.95. The smallest absolute Gasteiger partial charge is 0.303 e. The topological polar surface area (TPSA) is 106 Å². The molecule has 2 fully saturated rings. The molecule has 0 spiro atoms. The highest BCUT2D eigenvalue weighted by Crippen LogP contribution is 2.37. The van der Waals surface area contributed by atoms with Crippen LogP contribution in [0.3, 0.4) is 0 Å². The van der Waals surface area contributed by atoms with Gasteiger partial charge in [-0.1, -0.05) is 6.07 Å². The maximum atomic E-state index is 14.0. The molecular formula is C28H31F2N3O5. The van der Waals surface area contributed by atoms with Crippen molar-refractivity contribution in [2.24, 2.45) is 0 Å². The van der Waals surface area contributed by atoms with Crippen molar-refractivity contribution in [2.75, 3.05) is 18.0 Å². The van der Waals surface area contributed by atoms with E-state index in [1.54, 1.807) is 17.0 Å². The Morgan fingerprint density at radius 1 is 1.21 bits per heavy atom. The third-order valence-corrected chi connectivity index (χ3v) is 7.38. The van der Waals surface area contributed by atoms with Crippen LogP contribution in [0.15, 0.2) is 53.9 Å². The molecule has 1 aliphatic carbocycles. The number of aliphatic carboxylic acids is 1. The molecule has 1 aromatic heterocycles. The molecule has 0 amide bonds. The van der Waals surface area contributed by atoms with E-state index < -0.39 is 36.5 Å². The van der Waals surface area contributed by atoms with Crippen LogP contribution in [-0.2, 0) is 22.5 Å². The number of carboxylic acid groups (broad SMARTS) is 1. The van der Waals surface area contributed by atoms with Gasteiger partial charge in [-0.3, -0.25) is 4.79 Å². The van der Waals surface area contributed by atoms with Gasteiger partial charge in [0.2, 0.25) is 6.41 Å². The van der Waals surface area contributed by atoms with Crippen LogP contribution >= 0.6 is 0 Å². The molecule has 4 atom stereocenters. The number of rotatable bonds is 8. The fourth-order valence-electron chi connectivity index (χ4n) is 5.15. The van der Waals surface area contributed by atoms with Gasteiger partial charge in [0.25, 0.3) is 0 Å². The van der Waals surface area contributed by atoms with Gasteiger partial charge in [-0.2, -0.15) is 0 Å². The molecule has 38 heavy (non-hydrogen) atoms. The molecule has 202 valence electrons. The number of alkyl halides is 1. The molecule has 3 N–H and O–H groups in total. The third-order valence-electron chi connectivity index (χ3n) is 7.38. The summed E-state index contributed by atoms with van der Waals surface area (Å²) in [5.41, 5.74) is 2.83. The number of aliphatic hydroxyl groups excluding tert-OH is 1. The normalized spacial score (nSPS) is 25.6. The van der Waals surface area contributed by atoms with E-state index in [2.05, 4.69) is 4.90 Å². The predicted molar refractivity (Wildman–Crippen MR) is 137 cm³/mol. The second kappa shape index (κ2) is 10.8. The summed E-state index contributed by atoms with van der Waals surface area (Å²) in [5.74, 6) is -0.678. The van der Waals surface area contributed by atoms with Crippen molar-refractivity contribution < 1.29 is 33.6 Å². The zero-order chi connectivity index (χ0) is 27.0. The second-order valence-electron chi connectivity index (χ2n) is 10.0. The molecule has 0 bridgehead atoms. The van der Waals surface area contributed by atoms with E-state index in [0.29, 0.717) is 28.8 Å². The predicted octanol–water partition coefficient (Wildman–Crippen LogP) is 4.07. The molecular weight excluding hydrogens is 496 g/mol. The van der Waals surface area contributed by atoms with Crippen LogP contribution in [0.1, 0.15) is 37.4 Å². The zero-order valence-corrected chi connectivity index (χ0v) is 21.1. The van der Waals surface area contributed by atoms with Crippen molar-refractivity contribution in [1.82, 2.24) is 9.88 Å². The summed E-state index contributed by atoms with van der Waals surface area (Å²) in [6, 6.07) is 8.31. The number of aryl methyl sites for hydroxylation is 1. The first-order chi connectivity index (χ1) is 18.2. The van der Waals surface area contributed by atoms with Gasteiger partial charge >= 0.3 is 5.97 Å². The average molecular weight is 528 g/mol. The molecule has 2 saturated heterocycles. The Morgan fingerprint density at radius 3 is 2.68 bits per heavy atom. The summed E-state index contributed by atoms with van der Waals surface area (Å²) < 4.78 is 33.7. The maximum Gasteiger partial charge on any atom is 0.303 e. The van der Waals surface area contributed by atoms with E-state index in [4.69, 9.17) is 14.8 Å². The van der Waals surface area contributed by atoms with Gasteiger partial charge in [-0.15, -0.1) is 0 Å². The summed E-state index contributed by atoms with van der Waals surface area (Å²) in [6.45, 7) is 3.73. The summed E-state index contributed by atoms with van der Waals surface area (Å²) >= 11 is 0. The van der Waals surface area contributed by atoms with Gasteiger partial charge in [0.15, 0.2) is 0 Å². The summed E-state index contributed by atoms with van der Waals surface area (Å²) in [4.78, 5) is 19.7. The zero-order valence-electron chi connectivity index (χ0n) is 21.1. The number of ether oxygens (including phenoxy) is 1. The first-order valence-corrected chi connectivity index (χ1v) is 12.8. The first kappa shape index (κ1) is 26.3. The highest BCUT2D eigenvalue weighted by molar-refractivity contribution is 5.74. The van der Waals surface area contributed by atoms with Gasteiger partial charge in [0.1, 0.15) is 29.7 Å². The number of carbonyl (C=O) groups is 1. The highest BCUT2D eigenvalue weighted by atomic mass is 19.1. The number of halogens is 2. The van der Waals surface area contributed by atoms with Gasteiger partial charge in [0.05, 0.1) is 5.69 Å². The van der Waals surface area contributed by atoms with Crippen molar-refractivity contribution in [3.05, 3.63) is 65.1 Å². The number of aromatic hydroxyl groups is 1. The van der Waals surface area contributed by atoms with Crippen LogP contribution in [-0.4, -0.2) is 69.0 Å². The van der Waals surface area contributed by atoms with E-state index in [9.17, 15) is 23.8 Å². The minimum absolute atomic E-state index is 0.0231. The van der Waals surface area contributed by atoms with Crippen molar-refractivity contribution in [3.8, 4) is 16.9 Å². The standard InChI is InChI=1S/C28H31F2N3O5/c1-16-27(18-12-19(29)14-20(30)13-18)38-28(37)33(16)15-23-21(5-7-25(31-23)32-9-2-10-32)22-11-17(3-6-24(22)34)4-8-26(35)36/h3,5-7,11-13,16,19,27-28,34,37H,2,4,8-10,14-15H2,1H3,(H,35,36)/t16-,19?,27-,28?/m0/s1. The fraction of sp³-hybridized carbons (Fsp3) is 0.429. The number of aromatic nitrogens is 1. The van der Waals surface area contributed by atoms with Gasteiger partial charge in [-0.05, 0) is 67.3 Å². The lowest BCUT2D eigenvalue weighted by molar-refractivity contribution is -0.148. The first-order valence-electron chi connectivity index (χ1n) is 12.8. The number of pyridine rings is 1. The minimum atomic E-state index is -1.45. The number of phenolic OH excluding ortho intramolecular Hbond substituents is 1. The van der Waals surface area contributed by atoms with Crippen LogP contribution in [0.2, 0.25) is 0 Å². The van der Waals surface area contributed by atoms with Crippen molar-refractivity contribution in [2.45, 2.75) is 63.9 Å². The van der Waals surface area contributed by atoms with Crippen LogP contribution in [0.25, 0.3) is 11.1 Å². The van der Waals surface area contributed by atoms with Gasteiger partial charge in [-0.25, -0.2) is 18.7 Å². The summed E-state index contributed by atoms with van der Waals surface area (Å²) in [5, 5.41) is 30.6. The highest BCUT2D eigenvalue weighted by Gasteiger charge is 2.41. The van der Waals surface area contributed by atoms with E-state index in [-0.39, 0.29) is 25.1 Å².